The zero-order valence-corrected chi connectivity index (χ0v) is 34.1. The van der Waals surface area contributed by atoms with Crippen molar-refractivity contribution in [3.05, 3.63) is 156 Å². The number of fused-ring (bicyclic) bond motifs is 10. The van der Waals surface area contributed by atoms with E-state index in [4.69, 9.17) is 0 Å². The molecule has 10 aromatic carbocycles. The molecule has 0 amide bonds. The fourth-order valence-electron chi connectivity index (χ4n) is 10.0. The fraction of sp³-hybridized carbons (Fsp3) is 0.143. The van der Waals surface area contributed by atoms with Gasteiger partial charge in [0.05, 0.1) is 11.0 Å². The summed E-state index contributed by atoms with van der Waals surface area (Å²) < 4.78 is 2.50. The Balaban J connectivity index is 1.36. The van der Waals surface area contributed by atoms with Crippen LogP contribution in [0.2, 0.25) is 0 Å². The summed E-state index contributed by atoms with van der Waals surface area (Å²) in [5.41, 5.74) is 9.56. The van der Waals surface area contributed by atoms with E-state index < -0.39 is 0 Å². The van der Waals surface area contributed by atoms with Crippen LogP contribution in [-0.2, 0) is 10.8 Å². The zero-order chi connectivity index (χ0) is 40.5. The molecule has 0 aliphatic heterocycles. The van der Waals surface area contributed by atoms with Crippen LogP contribution < -0.4 is 0 Å². The third-order valence-corrected chi connectivity index (χ3v) is 12.9. The molecule has 1 heterocycles. The van der Waals surface area contributed by atoms with Crippen molar-refractivity contribution in [3.63, 3.8) is 0 Å². The first-order chi connectivity index (χ1) is 28.5. The highest BCUT2D eigenvalue weighted by molar-refractivity contribution is 6.48. The summed E-state index contributed by atoms with van der Waals surface area (Å²) >= 11 is 0. The van der Waals surface area contributed by atoms with Gasteiger partial charge in [-0.3, -0.25) is 0 Å². The topological polar surface area (TPSA) is 52.5 Å². The van der Waals surface area contributed by atoms with Crippen LogP contribution in [0.4, 0.5) is 0 Å². The quantitative estimate of drug-likeness (QED) is 0.169. The molecule has 0 spiro atoms. The van der Waals surface area contributed by atoms with Crippen LogP contribution >= 0.6 is 0 Å². The van der Waals surface area contributed by atoms with E-state index >= 15 is 0 Å². The Kier molecular flexibility index (Phi) is 7.21. The predicted molar refractivity (Wildman–Crippen MR) is 250 cm³/mol. The van der Waals surface area contributed by atoms with Crippen molar-refractivity contribution in [1.82, 2.24) is 4.57 Å². The monoisotopic (exact) mass is 755 g/mol. The fourth-order valence-corrected chi connectivity index (χ4v) is 10.0. The molecule has 0 N–H and O–H groups in total. The molecular formula is C56H41N3. The van der Waals surface area contributed by atoms with E-state index in [9.17, 15) is 10.5 Å². The van der Waals surface area contributed by atoms with Crippen LogP contribution in [0.15, 0.2) is 139 Å². The Labute approximate surface area is 343 Å². The molecular weight excluding hydrogens is 715 g/mol. The first kappa shape index (κ1) is 35.0. The minimum Gasteiger partial charge on any atom is -0.309 e. The second-order valence-electron chi connectivity index (χ2n) is 18.3. The second kappa shape index (κ2) is 12.2. The van der Waals surface area contributed by atoms with E-state index in [0.29, 0.717) is 0 Å². The predicted octanol–water partition coefficient (Wildman–Crippen LogP) is 15.3. The largest absolute Gasteiger partial charge is 0.309 e. The zero-order valence-electron chi connectivity index (χ0n) is 34.1. The Morgan fingerprint density at radius 1 is 0.458 bits per heavy atom. The maximum absolute atomic E-state index is 9.71. The van der Waals surface area contributed by atoms with Crippen LogP contribution in [-0.4, -0.2) is 4.57 Å². The summed E-state index contributed by atoms with van der Waals surface area (Å²) in [6.45, 7) is 13.8. The number of nitriles is 2. The van der Waals surface area contributed by atoms with Crippen molar-refractivity contribution < 1.29 is 0 Å². The number of aromatic nitrogens is 1. The molecule has 0 bridgehead atoms. The van der Waals surface area contributed by atoms with Gasteiger partial charge >= 0.3 is 0 Å². The summed E-state index contributed by atoms with van der Waals surface area (Å²) in [6, 6.07) is 53.8. The molecule has 0 unspecified atom stereocenters. The van der Waals surface area contributed by atoms with E-state index in [2.05, 4.69) is 192 Å². The molecule has 0 fully saturated rings. The van der Waals surface area contributed by atoms with Crippen molar-refractivity contribution >= 4 is 92.5 Å². The molecule has 0 saturated heterocycles. The third kappa shape index (κ3) is 4.92. The van der Waals surface area contributed by atoms with Crippen LogP contribution in [0.3, 0.4) is 0 Å². The molecule has 0 atom stereocenters. The van der Waals surface area contributed by atoms with Crippen molar-refractivity contribution in [2.24, 2.45) is 0 Å². The molecule has 0 radical (unpaired) electrons. The molecule has 0 aliphatic rings. The number of benzene rings is 8. The van der Waals surface area contributed by atoms with Crippen LogP contribution in [0.1, 0.15) is 58.2 Å². The van der Waals surface area contributed by atoms with Gasteiger partial charge in [-0.05, 0) is 146 Å². The van der Waals surface area contributed by atoms with Gasteiger partial charge in [0, 0.05) is 16.5 Å². The first-order valence-corrected chi connectivity index (χ1v) is 20.5. The third-order valence-electron chi connectivity index (χ3n) is 12.9. The number of hydrogen-bond donors (Lipinski definition) is 0. The summed E-state index contributed by atoms with van der Waals surface area (Å²) in [6.07, 6.45) is 1.72. The van der Waals surface area contributed by atoms with Gasteiger partial charge in [0.25, 0.3) is 0 Å². The highest BCUT2D eigenvalue weighted by Crippen LogP contribution is 2.54. The van der Waals surface area contributed by atoms with Crippen molar-refractivity contribution in [2.45, 2.75) is 52.4 Å². The SMILES string of the molecule is CC(C)(C)c1ccc2c(c1)c1cc(C(C)(C)C)ccc1n2-c1cc2c(-c3ccccc3)c3c4cccc5c(C=C(C#N)C#N)ccc(c54)c3c3c4ccccc4c(c1)c23. The minimum absolute atomic E-state index is 0.00934. The van der Waals surface area contributed by atoms with Crippen molar-refractivity contribution in [2.75, 3.05) is 0 Å². The molecule has 280 valence electrons. The highest BCUT2D eigenvalue weighted by Gasteiger charge is 2.27. The maximum Gasteiger partial charge on any atom is 0.130 e. The van der Waals surface area contributed by atoms with Gasteiger partial charge in [-0.1, -0.05) is 139 Å². The summed E-state index contributed by atoms with van der Waals surface area (Å²) in [7, 11) is 0. The molecule has 1 aromatic heterocycles. The smallest absolute Gasteiger partial charge is 0.130 e. The molecule has 11 aromatic rings. The van der Waals surface area contributed by atoms with E-state index in [1.165, 1.54) is 97.9 Å². The van der Waals surface area contributed by atoms with Gasteiger partial charge in [0.1, 0.15) is 17.7 Å². The van der Waals surface area contributed by atoms with E-state index in [1.54, 1.807) is 6.08 Å². The summed E-state index contributed by atoms with van der Waals surface area (Å²) in [5, 5.41) is 36.5. The normalized spacial score (nSPS) is 12.5. The highest BCUT2D eigenvalue weighted by atomic mass is 15.0. The summed E-state index contributed by atoms with van der Waals surface area (Å²) in [4.78, 5) is 0. The Morgan fingerprint density at radius 3 is 1.66 bits per heavy atom. The van der Waals surface area contributed by atoms with Crippen LogP contribution in [0.5, 0.6) is 0 Å². The van der Waals surface area contributed by atoms with Gasteiger partial charge < -0.3 is 4.57 Å². The number of nitrogens with zero attached hydrogens (tertiary/aromatic N) is 3. The lowest BCUT2D eigenvalue weighted by molar-refractivity contribution is 0.590. The average molecular weight is 756 g/mol. The van der Waals surface area contributed by atoms with E-state index in [-0.39, 0.29) is 16.4 Å². The molecule has 59 heavy (non-hydrogen) atoms. The summed E-state index contributed by atoms with van der Waals surface area (Å²) in [5.74, 6) is 0. The standard InChI is InChI=1S/C56H41N3/c1-55(2,3)35-20-23-47-43(26-35)44-27-36(56(4,5)6)21-24-48(44)59(47)37-28-45-39-15-10-11-16-40(39)52-51(45)46(29-37)49(33-13-8-7-9-14-33)53-41-18-12-17-38-34(25-32(30-57)31-58)19-22-42(50(38)41)54(52)53/h7-29H,1-6H3. The van der Waals surface area contributed by atoms with Crippen LogP contribution in [0, 0.1) is 22.7 Å². The Morgan fingerprint density at radius 2 is 1.02 bits per heavy atom. The lowest BCUT2D eigenvalue weighted by atomic mass is 9.85. The van der Waals surface area contributed by atoms with Crippen LogP contribution in [0.25, 0.3) is 109 Å². The maximum atomic E-state index is 9.71. The number of allylic oxidation sites excluding steroid dienone is 1. The van der Waals surface area contributed by atoms with Gasteiger partial charge in [0.2, 0.25) is 0 Å². The lowest BCUT2D eigenvalue weighted by Crippen LogP contribution is -2.10. The lowest BCUT2D eigenvalue weighted by Gasteiger charge is -2.19. The molecule has 0 saturated carbocycles. The second-order valence-corrected chi connectivity index (χ2v) is 18.3. The van der Waals surface area contributed by atoms with Gasteiger partial charge in [-0.25, -0.2) is 0 Å². The Hall–Kier alpha value is -7.20. The molecule has 3 nitrogen and oxygen atoms in total. The minimum atomic E-state index is 0.00934. The van der Waals surface area contributed by atoms with Crippen molar-refractivity contribution in [1.29, 1.82) is 10.5 Å². The molecule has 3 heteroatoms. The van der Waals surface area contributed by atoms with Gasteiger partial charge in [-0.2, -0.15) is 10.5 Å². The first-order valence-electron chi connectivity index (χ1n) is 20.5. The van der Waals surface area contributed by atoms with E-state index in [0.717, 1.165) is 22.0 Å². The van der Waals surface area contributed by atoms with Crippen molar-refractivity contribution in [3.8, 4) is 29.0 Å². The average Bonchev–Trinajstić information content (AvgIpc) is 3.87. The Bertz CT molecular complexity index is 3590. The van der Waals surface area contributed by atoms with Gasteiger partial charge in [-0.15, -0.1) is 0 Å². The molecule has 0 aliphatic carbocycles. The van der Waals surface area contributed by atoms with E-state index in [1.807, 2.05) is 0 Å². The molecule has 11 rings (SSSR count). The van der Waals surface area contributed by atoms with Gasteiger partial charge in [0.15, 0.2) is 0 Å². The number of rotatable bonds is 3. The number of hydrogen-bond acceptors (Lipinski definition) is 2.